The molecular formula is C21H20O11. The topological polar surface area (TPSA) is 201 Å². The summed E-state index contributed by atoms with van der Waals surface area (Å²) in [4.78, 5) is 12.8. The fraction of sp³-hybridized carbons (Fsp3) is 0.286. The third kappa shape index (κ3) is 3.42. The minimum Gasteiger partial charge on any atom is -0.507 e. The van der Waals surface area contributed by atoms with Gasteiger partial charge in [-0.05, 0) is 18.2 Å². The molecule has 4 rings (SSSR count). The predicted molar refractivity (Wildman–Crippen MR) is 107 cm³/mol. The first kappa shape index (κ1) is 21.9. The zero-order chi connectivity index (χ0) is 23.3. The van der Waals surface area contributed by atoms with Crippen molar-refractivity contribution in [2.24, 2.45) is 0 Å². The molecule has 5 atom stereocenters. The van der Waals surface area contributed by atoms with Crippen molar-refractivity contribution in [3.63, 3.8) is 0 Å². The second-order valence-electron chi connectivity index (χ2n) is 7.46. The summed E-state index contributed by atoms with van der Waals surface area (Å²) in [6.45, 7) is -0.722. The molecule has 1 saturated heterocycles. The molecule has 0 amide bonds. The van der Waals surface area contributed by atoms with E-state index in [4.69, 9.17) is 9.15 Å². The van der Waals surface area contributed by atoms with Crippen LogP contribution < -0.4 is 5.43 Å². The molecule has 8 N–H and O–H groups in total. The van der Waals surface area contributed by atoms with Gasteiger partial charge >= 0.3 is 0 Å². The van der Waals surface area contributed by atoms with Crippen LogP contribution in [0.15, 0.2) is 39.5 Å². The molecule has 1 aliphatic rings. The van der Waals surface area contributed by atoms with Gasteiger partial charge in [-0.1, -0.05) is 0 Å². The van der Waals surface area contributed by atoms with Crippen LogP contribution in [-0.2, 0) is 4.74 Å². The largest absolute Gasteiger partial charge is 0.507 e. The van der Waals surface area contributed by atoms with Gasteiger partial charge in [0.1, 0.15) is 53.2 Å². The van der Waals surface area contributed by atoms with Crippen LogP contribution in [0.2, 0.25) is 0 Å². The minimum atomic E-state index is -1.79. The molecule has 2 heterocycles. The van der Waals surface area contributed by atoms with Crippen LogP contribution in [0.25, 0.3) is 22.3 Å². The average molecular weight is 448 g/mol. The molecule has 1 aliphatic heterocycles. The van der Waals surface area contributed by atoms with Crippen LogP contribution in [0.3, 0.4) is 0 Å². The Bertz CT molecular complexity index is 1230. The number of ether oxygens (including phenoxy) is 1. The van der Waals surface area contributed by atoms with E-state index in [1.807, 2.05) is 0 Å². The molecule has 0 radical (unpaired) electrons. The summed E-state index contributed by atoms with van der Waals surface area (Å²) < 4.78 is 11.2. The van der Waals surface area contributed by atoms with Crippen molar-refractivity contribution < 1.29 is 50.0 Å². The highest BCUT2D eigenvalue weighted by molar-refractivity contribution is 5.89. The van der Waals surface area contributed by atoms with Crippen LogP contribution in [0.1, 0.15) is 11.7 Å². The zero-order valence-electron chi connectivity index (χ0n) is 16.3. The van der Waals surface area contributed by atoms with Crippen molar-refractivity contribution in [3.8, 4) is 34.3 Å². The normalized spacial score (nSPS) is 25.8. The Morgan fingerprint density at radius 1 is 0.812 bits per heavy atom. The lowest BCUT2D eigenvalue weighted by molar-refractivity contribution is -0.231. The Morgan fingerprint density at radius 3 is 2.19 bits per heavy atom. The fourth-order valence-corrected chi connectivity index (χ4v) is 3.76. The number of hydrogen-bond donors (Lipinski definition) is 8. The Hall–Kier alpha value is -3.35. The summed E-state index contributed by atoms with van der Waals surface area (Å²) in [7, 11) is 0. The number of aliphatic hydroxyl groups excluding tert-OH is 4. The first-order valence-electron chi connectivity index (χ1n) is 9.49. The summed E-state index contributed by atoms with van der Waals surface area (Å²) in [5, 5.41) is 79.7. The van der Waals surface area contributed by atoms with Crippen molar-refractivity contribution in [2.45, 2.75) is 30.5 Å². The van der Waals surface area contributed by atoms with E-state index in [0.29, 0.717) is 0 Å². The first-order valence-corrected chi connectivity index (χ1v) is 9.49. The minimum absolute atomic E-state index is 0.117. The van der Waals surface area contributed by atoms with Crippen molar-refractivity contribution in [3.05, 3.63) is 46.1 Å². The van der Waals surface area contributed by atoms with Crippen molar-refractivity contribution >= 4 is 11.0 Å². The Balaban J connectivity index is 1.97. The quantitative estimate of drug-likeness (QED) is 0.247. The highest BCUT2D eigenvalue weighted by atomic mass is 16.5. The number of phenols is 4. The van der Waals surface area contributed by atoms with E-state index < -0.39 is 65.6 Å². The molecule has 0 bridgehead atoms. The van der Waals surface area contributed by atoms with E-state index in [1.54, 1.807) is 0 Å². The predicted octanol–water partition coefficient (Wildman–Crippen LogP) is -0.203. The second kappa shape index (κ2) is 7.97. The van der Waals surface area contributed by atoms with E-state index in [2.05, 4.69) is 0 Å². The standard InChI is InChI=1S/C21H20O11/c22-6-14-17(28)18(29)19(30)21(32-14)16-11(26)4-10(25)15-12(27)5-13(31-20(15)16)7-1-2-8(23)9(24)3-7/h1-5,14,17-19,21-26,28-30H,6H2/t14?,17-,18-,19+,21?/m1/s1. The molecule has 32 heavy (non-hydrogen) atoms. The van der Waals surface area contributed by atoms with Crippen LogP contribution in [0, 0.1) is 0 Å². The lowest BCUT2D eigenvalue weighted by Gasteiger charge is -2.40. The molecule has 0 aliphatic carbocycles. The van der Waals surface area contributed by atoms with Gasteiger partial charge in [0.2, 0.25) is 0 Å². The number of aliphatic hydroxyl groups is 4. The SMILES string of the molecule is O=c1cc(-c2ccc(O)c(O)c2)oc2c(C3OC(CO)[C@@H](O)[C@@H](O)[C@@H]3O)c(O)cc(O)c12. The monoisotopic (exact) mass is 448 g/mol. The number of hydrogen-bond acceptors (Lipinski definition) is 11. The summed E-state index contributed by atoms with van der Waals surface area (Å²) in [5.74, 6) is -2.28. The Labute approximate surface area is 179 Å². The molecule has 0 spiro atoms. The van der Waals surface area contributed by atoms with E-state index in [0.717, 1.165) is 24.3 Å². The lowest BCUT2D eigenvalue weighted by Crippen LogP contribution is -2.55. The fourth-order valence-electron chi connectivity index (χ4n) is 3.76. The maximum atomic E-state index is 12.8. The second-order valence-corrected chi connectivity index (χ2v) is 7.46. The molecule has 0 saturated carbocycles. The molecule has 170 valence electrons. The first-order chi connectivity index (χ1) is 15.1. The highest BCUT2D eigenvalue weighted by Crippen LogP contribution is 2.44. The van der Waals surface area contributed by atoms with Crippen LogP contribution in [0.5, 0.6) is 23.0 Å². The van der Waals surface area contributed by atoms with Gasteiger partial charge in [0.15, 0.2) is 22.5 Å². The van der Waals surface area contributed by atoms with Gasteiger partial charge in [-0.15, -0.1) is 0 Å². The van der Waals surface area contributed by atoms with E-state index in [1.165, 1.54) is 6.07 Å². The van der Waals surface area contributed by atoms with Gasteiger partial charge in [0.05, 0.1) is 12.2 Å². The molecule has 3 aromatic rings. The molecule has 11 heteroatoms. The van der Waals surface area contributed by atoms with Gasteiger partial charge < -0.3 is 50.0 Å². The lowest BCUT2D eigenvalue weighted by atomic mass is 9.89. The van der Waals surface area contributed by atoms with Gasteiger partial charge in [-0.2, -0.15) is 0 Å². The van der Waals surface area contributed by atoms with Gasteiger partial charge in [0.25, 0.3) is 0 Å². The number of aromatic hydroxyl groups is 4. The molecule has 1 aromatic heterocycles. The maximum Gasteiger partial charge on any atom is 0.197 e. The number of rotatable bonds is 3. The zero-order valence-corrected chi connectivity index (χ0v) is 16.3. The maximum absolute atomic E-state index is 12.8. The van der Waals surface area contributed by atoms with E-state index in [-0.39, 0.29) is 27.9 Å². The number of benzene rings is 2. The van der Waals surface area contributed by atoms with Crippen LogP contribution in [-0.4, -0.2) is 71.9 Å². The van der Waals surface area contributed by atoms with Crippen molar-refractivity contribution in [1.82, 2.24) is 0 Å². The van der Waals surface area contributed by atoms with Gasteiger partial charge in [0, 0.05) is 17.7 Å². The summed E-state index contributed by atoms with van der Waals surface area (Å²) in [6, 6.07) is 5.47. The third-order valence-electron chi connectivity index (χ3n) is 5.43. The summed E-state index contributed by atoms with van der Waals surface area (Å²) in [6.07, 6.45) is -8.07. The summed E-state index contributed by atoms with van der Waals surface area (Å²) in [5.41, 5.74) is -1.27. The number of fused-ring (bicyclic) bond motifs is 1. The third-order valence-corrected chi connectivity index (χ3v) is 5.43. The summed E-state index contributed by atoms with van der Waals surface area (Å²) >= 11 is 0. The molecular weight excluding hydrogens is 428 g/mol. The molecule has 1 fully saturated rings. The van der Waals surface area contributed by atoms with Gasteiger partial charge in [-0.25, -0.2) is 0 Å². The Kier molecular flexibility index (Phi) is 5.44. The van der Waals surface area contributed by atoms with Crippen molar-refractivity contribution in [2.75, 3.05) is 6.61 Å². The highest BCUT2D eigenvalue weighted by Gasteiger charge is 2.46. The van der Waals surface area contributed by atoms with Crippen molar-refractivity contribution in [1.29, 1.82) is 0 Å². The molecule has 11 nitrogen and oxygen atoms in total. The molecule has 2 unspecified atom stereocenters. The number of phenolic OH excluding ortho intramolecular Hbond substituents is 4. The van der Waals surface area contributed by atoms with E-state index in [9.17, 15) is 45.6 Å². The molecule has 2 aromatic carbocycles. The van der Waals surface area contributed by atoms with Crippen LogP contribution >= 0.6 is 0 Å². The average Bonchev–Trinajstić information content (AvgIpc) is 2.74. The van der Waals surface area contributed by atoms with Crippen LogP contribution in [0.4, 0.5) is 0 Å². The van der Waals surface area contributed by atoms with Gasteiger partial charge in [-0.3, -0.25) is 4.79 Å². The van der Waals surface area contributed by atoms with E-state index >= 15 is 0 Å². The Morgan fingerprint density at radius 2 is 1.53 bits per heavy atom. The smallest absolute Gasteiger partial charge is 0.197 e.